The summed E-state index contributed by atoms with van der Waals surface area (Å²) in [5.74, 6) is 0.577. The highest BCUT2D eigenvalue weighted by Gasteiger charge is 2.31. The van der Waals surface area contributed by atoms with Crippen LogP contribution < -0.4 is 10.6 Å². The van der Waals surface area contributed by atoms with Crippen LogP contribution in [0.4, 0.5) is 19.0 Å². The van der Waals surface area contributed by atoms with E-state index in [0.717, 1.165) is 25.1 Å². The van der Waals surface area contributed by atoms with Crippen molar-refractivity contribution in [3.63, 3.8) is 0 Å². The molecule has 1 aliphatic rings. The van der Waals surface area contributed by atoms with Crippen LogP contribution in [0.1, 0.15) is 12.0 Å². The van der Waals surface area contributed by atoms with Gasteiger partial charge in [0.2, 0.25) is 0 Å². The molecule has 1 atom stereocenters. The number of hydrogen-bond acceptors (Lipinski definition) is 5. The van der Waals surface area contributed by atoms with Crippen molar-refractivity contribution in [3.8, 4) is 0 Å². The van der Waals surface area contributed by atoms with E-state index in [0.29, 0.717) is 34.4 Å². The third-order valence-electron chi connectivity index (χ3n) is 4.08. The molecule has 1 fully saturated rings. The van der Waals surface area contributed by atoms with Gasteiger partial charge in [-0.15, -0.1) is 0 Å². The molecule has 0 amide bonds. The highest BCUT2D eigenvalue weighted by Crippen LogP contribution is 2.37. The van der Waals surface area contributed by atoms with E-state index in [1.807, 2.05) is 4.90 Å². The lowest BCUT2D eigenvalue weighted by Crippen LogP contribution is -2.26. The first kappa shape index (κ1) is 14.3. The van der Waals surface area contributed by atoms with E-state index >= 15 is 0 Å². The van der Waals surface area contributed by atoms with Gasteiger partial charge in [-0.1, -0.05) is 0 Å². The summed E-state index contributed by atoms with van der Waals surface area (Å²) < 4.78 is 44.4. The van der Waals surface area contributed by atoms with Gasteiger partial charge in [-0.25, -0.2) is 9.97 Å². The fourth-order valence-corrected chi connectivity index (χ4v) is 2.95. The van der Waals surface area contributed by atoms with Crippen LogP contribution in [0.2, 0.25) is 0 Å². The number of nitrogens with zero attached hydrogens (tertiary/aromatic N) is 3. The zero-order valence-corrected chi connectivity index (χ0v) is 12.0. The van der Waals surface area contributed by atoms with Crippen LogP contribution in [-0.4, -0.2) is 29.1 Å². The third kappa shape index (κ3) is 2.29. The van der Waals surface area contributed by atoms with Gasteiger partial charge in [-0.05, 0) is 24.6 Å². The zero-order valence-electron chi connectivity index (χ0n) is 12.0. The molecule has 0 aliphatic carbocycles. The fourth-order valence-electron chi connectivity index (χ4n) is 2.95. The van der Waals surface area contributed by atoms with Gasteiger partial charge in [0, 0.05) is 24.5 Å². The van der Waals surface area contributed by atoms with Gasteiger partial charge in [0.15, 0.2) is 11.4 Å². The minimum absolute atomic E-state index is 0.0567. The summed E-state index contributed by atoms with van der Waals surface area (Å²) in [5, 5.41) is 0.335. The lowest BCUT2D eigenvalue weighted by atomic mass is 10.1. The topological polar surface area (TPSA) is 68.2 Å². The molecule has 0 bridgehead atoms. The summed E-state index contributed by atoms with van der Waals surface area (Å²) in [7, 11) is 0. The maximum Gasteiger partial charge on any atom is 0.416 e. The quantitative estimate of drug-likeness (QED) is 0.746. The van der Waals surface area contributed by atoms with Gasteiger partial charge in [0.1, 0.15) is 17.4 Å². The summed E-state index contributed by atoms with van der Waals surface area (Å²) in [4.78, 5) is 10.3. The number of benzene rings is 1. The number of aromatic nitrogens is 2. The Morgan fingerprint density at radius 2 is 2.09 bits per heavy atom. The Kier molecular flexibility index (Phi) is 2.99. The molecule has 23 heavy (non-hydrogen) atoms. The standard InChI is InChI=1S/C15H13F3N4O/c16-15(17,18)8-1-2-11-10(5-8)12-13(23-11)14(21-7-20-12)22-4-3-9(19)6-22/h1-2,5,7,9H,3-4,6,19H2/t9-/m1/s1. The molecule has 5 nitrogen and oxygen atoms in total. The number of rotatable bonds is 1. The Labute approximate surface area is 128 Å². The predicted molar refractivity (Wildman–Crippen MR) is 79.1 cm³/mol. The smallest absolute Gasteiger partial charge is 0.416 e. The second kappa shape index (κ2) is 4.82. The maximum atomic E-state index is 12.9. The van der Waals surface area contributed by atoms with Crippen molar-refractivity contribution in [2.24, 2.45) is 5.73 Å². The average molecular weight is 322 g/mol. The number of anilines is 1. The van der Waals surface area contributed by atoms with Gasteiger partial charge in [-0.3, -0.25) is 0 Å². The molecular formula is C15H13F3N4O. The third-order valence-corrected chi connectivity index (χ3v) is 4.08. The molecule has 2 N–H and O–H groups in total. The van der Waals surface area contributed by atoms with Crippen LogP contribution in [0, 0.1) is 0 Å². The van der Waals surface area contributed by atoms with Crippen molar-refractivity contribution in [2.45, 2.75) is 18.6 Å². The maximum absolute atomic E-state index is 12.9. The van der Waals surface area contributed by atoms with E-state index < -0.39 is 11.7 Å². The van der Waals surface area contributed by atoms with E-state index in [9.17, 15) is 13.2 Å². The van der Waals surface area contributed by atoms with Gasteiger partial charge in [0.25, 0.3) is 0 Å². The Morgan fingerprint density at radius 1 is 1.26 bits per heavy atom. The molecule has 0 radical (unpaired) electrons. The lowest BCUT2D eigenvalue weighted by Gasteiger charge is -2.16. The van der Waals surface area contributed by atoms with Crippen molar-refractivity contribution in [2.75, 3.05) is 18.0 Å². The van der Waals surface area contributed by atoms with Crippen molar-refractivity contribution < 1.29 is 17.6 Å². The van der Waals surface area contributed by atoms with Crippen LogP contribution in [0.5, 0.6) is 0 Å². The first-order valence-electron chi connectivity index (χ1n) is 7.18. The summed E-state index contributed by atoms with van der Waals surface area (Å²) in [5.41, 5.74) is 6.33. The second-order valence-corrected chi connectivity index (χ2v) is 5.68. The molecule has 8 heteroatoms. The van der Waals surface area contributed by atoms with Crippen LogP contribution in [0.25, 0.3) is 22.1 Å². The van der Waals surface area contributed by atoms with E-state index in [4.69, 9.17) is 10.2 Å². The first-order chi connectivity index (χ1) is 10.9. The van der Waals surface area contributed by atoms with E-state index in [2.05, 4.69) is 9.97 Å². The fraction of sp³-hybridized carbons (Fsp3) is 0.333. The van der Waals surface area contributed by atoms with Crippen LogP contribution in [0.15, 0.2) is 28.9 Å². The Balaban J connectivity index is 1.92. The predicted octanol–water partition coefficient (Wildman–Crippen LogP) is 2.93. The number of alkyl halides is 3. The van der Waals surface area contributed by atoms with Crippen LogP contribution >= 0.6 is 0 Å². The van der Waals surface area contributed by atoms with E-state index in [-0.39, 0.29) is 6.04 Å². The number of nitrogens with two attached hydrogens (primary N) is 1. The highest BCUT2D eigenvalue weighted by atomic mass is 19.4. The Morgan fingerprint density at radius 3 is 2.78 bits per heavy atom. The van der Waals surface area contributed by atoms with E-state index in [1.165, 1.54) is 12.4 Å². The Bertz CT molecular complexity index is 889. The monoisotopic (exact) mass is 322 g/mol. The van der Waals surface area contributed by atoms with Crippen molar-refractivity contribution in [3.05, 3.63) is 30.1 Å². The normalized spacial score (nSPS) is 19.1. The molecule has 3 aromatic rings. The van der Waals surface area contributed by atoms with E-state index in [1.54, 1.807) is 0 Å². The number of furan rings is 1. The minimum atomic E-state index is -4.41. The molecule has 3 heterocycles. The molecule has 4 rings (SSSR count). The number of halogens is 3. The average Bonchev–Trinajstić information content (AvgIpc) is 3.08. The van der Waals surface area contributed by atoms with Gasteiger partial charge in [-0.2, -0.15) is 13.2 Å². The van der Waals surface area contributed by atoms with Crippen molar-refractivity contribution >= 4 is 27.9 Å². The minimum Gasteiger partial charge on any atom is -0.450 e. The molecule has 1 aromatic carbocycles. The lowest BCUT2D eigenvalue weighted by molar-refractivity contribution is -0.137. The molecule has 1 aliphatic heterocycles. The molecule has 120 valence electrons. The van der Waals surface area contributed by atoms with Gasteiger partial charge in [0.05, 0.1) is 5.56 Å². The molecule has 0 spiro atoms. The SMILES string of the molecule is N[C@@H]1CCN(c2ncnc3c2oc2ccc(C(F)(F)F)cc23)C1. The molecule has 2 aromatic heterocycles. The largest absolute Gasteiger partial charge is 0.450 e. The summed E-state index contributed by atoms with van der Waals surface area (Å²) in [6, 6.07) is 3.44. The van der Waals surface area contributed by atoms with Crippen molar-refractivity contribution in [1.82, 2.24) is 9.97 Å². The number of fused-ring (bicyclic) bond motifs is 3. The van der Waals surface area contributed by atoms with Gasteiger partial charge < -0.3 is 15.1 Å². The van der Waals surface area contributed by atoms with Crippen LogP contribution in [-0.2, 0) is 6.18 Å². The summed E-state index contributed by atoms with van der Waals surface area (Å²) in [6.07, 6.45) is -2.23. The van der Waals surface area contributed by atoms with Gasteiger partial charge >= 0.3 is 6.18 Å². The summed E-state index contributed by atoms with van der Waals surface area (Å²) >= 11 is 0. The summed E-state index contributed by atoms with van der Waals surface area (Å²) in [6.45, 7) is 1.37. The van der Waals surface area contributed by atoms with Crippen molar-refractivity contribution in [1.29, 1.82) is 0 Å². The molecule has 0 unspecified atom stereocenters. The number of hydrogen-bond donors (Lipinski definition) is 1. The Hall–Kier alpha value is -2.35. The van der Waals surface area contributed by atoms with Crippen LogP contribution in [0.3, 0.4) is 0 Å². The second-order valence-electron chi connectivity index (χ2n) is 5.68. The molecule has 1 saturated heterocycles. The molecular weight excluding hydrogens is 309 g/mol. The highest BCUT2D eigenvalue weighted by molar-refractivity contribution is 6.05. The molecule has 0 saturated carbocycles. The first-order valence-corrected chi connectivity index (χ1v) is 7.18. The zero-order chi connectivity index (χ0) is 16.2.